The van der Waals surface area contributed by atoms with Crippen molar-refractivity contribution in [3.8, 4) is 0 Å². The van der Waals surface area contributed by atoms with E-state index in [1.54, 1.807) is 0 Å². The molecule has 0 radical (unpaired) electrons. The summed E-state index contributed by atoms with van der Waals surface area (Å²) in [6.45, 7) is 5.19. The van der Waals surface area contributed by atoms with E-state index < -0.39 is 0 Å². The van der Waals surface area contributed by atoms with Crippen molar-refractivity contribution in [3.63, 3.8) is 0 Å². The molecule has 0 heterocycles. The first-order valence-corrected chi connectivity index (χ1v) is 7.11. The molecule has 0 spiro atoms. The van der Waals surface area contributed by atoms with Gasteiger partial charge in [0.2, 0.25) is 0 Å². The number of halogens is 1. The summed E-state index contributed by atoms with van der Waals surface area (Å²) in [5.74, 6) is 1.90. The Balaban J connectivity index is 2.64. The van der Waals surface area contributed by atoms with E-state index in [-0.39, 0.29) is 0 Å². The standard InChI is InChI=1S/C13H20ClNS/c1-10(2)6-8-16-13-9-12(14)4-3-11(13)5-7-15/h3-4,9-10H,5-8,15H2,1-2H3. The number of benzene rings is 1. The molecule has 2 N–H and O–H groups in total. The van der Waals surface area contributed by atoms with Crippen molar-refractivity contribution in [2.45, 2.75) is 31.6 Å². The molecule has 0 fully saturated rings. The van der Waals surface area contributed by atoms with Crippen LogP contribution < -0.4 is 5.73 Å². The maximum Gasteiger partial charge on any atom is 0.0417 e. The van der Waals surface area contributed by atoms with Crippen LogP contribution in [0.3, 0.4) is 0 Å². The lowest BCUT2D eigenvalue weighted by molar-refractivity contribution is 0.632. The van der Waals surface area contributed by atoms with E-state index in [4.69, 9.17) is 17.3 Å². The molecular weight excluding hydrogens is 238 g/mol. The van der Waals surface area contributed by atoms with Crippen LogP contribution in [0, 0.1) is 5.92 Å². The first kappa shape index (κ1) is 13.9. The minimum absolute atomic E-state index is 0.694. The highest BCUT2D eigenvalue weighted by Gasteiger charge is 2.04. The van der Waals surface area contributed by atoms with E-state index in [9.17, 15) is 0 Å². The van der Waals surface area contributed by atoms with Crippen molar-refractivity contribution in [1.82, 2.24) is 0 Å². The quantitative estimate of drug-likeness (QED) is 0.781. The maximum absolute atomic E-state index is 6.01. The van der Waals surface area contributed by atoms with Gasteiger partial charge in [-0.05, 0) is 48.8 Å². The van der Waals surface area contributed by atoms with Gasteiger partial charge in [-0.25, -0.2) is 0 Å². The van der Waals surface area contributed by atoms with Crippen molar-refractivity contribution in [1.29, 1.82) is 0 Å². The highest BCUT2D eigenvalue weighted by molar-refractivity contribution is 7.99. The number of hydrogen-bond donors (Lipinski definition) is 1. The van der Waals surface area contributed by atoms with Crippen molar-refractivity contribution in [2.24, 2.45) is 11.7 Å². The van der Waals surface area contributed by atoms with Crippen LogP contribution in [0.2, 0.25) is 5.02 Å². The molecule has 3 heteroatoms. The van der Waals surface area contributed by atoms with Crippen LogP contribution in [0.25, 0.3) is 0 Å². The fraction of sp³-hybridized carbons (Fsp3) is 0.538. The monoisotopic (exact) mass is 257 g/mol. The minimum Gasteiger partial charge on any atom is -0.330 e. The lowest BCUT2D eigenvalue weighted by Gasteiger charge is -2.10. The van der Waals surface area contributed by atoms with E-state index in [1.807, 2.05) is 17.8 Å². The van der Waals surface area contributed by atoms with Crippen LogP contribution >= 0.6 is 23.4 Å². The smallest absolute Gasteiger partial charge is 0.0417 e. The van der Waals surface area contributed by atoms with Gasteiger partial charge in [-0.2, -0.15) is 0 Å². The molecule has 0 bridgehead atoms. The zero-order chi connectivity index (χ0) is 12.0. The molecule has 0 amide bonds. The molecule has 1 aromatic carbocycles. The van der Waals surface area contributed by atoms with Crippen LogP contribution in [-0.2, 0) is 6.42 Å². The lowest BCUT2D eigenvalue weighted by Crippen LogP contribution is -2.04. The first-order valence-electron chi connectivity index (χ1n) is 5.74. The molecule has 0 saturated heterocycles. The maximum atomic E-state index is 6.01. The number of nitrogens with two attached hydrogens (primary N) is 1. The van der Waals surface area contributed by atoms with Crippen LogP contribution in [0.4, 0.5) is 0 Å². The number of rotatable bonds is 6. The minimum atomic E-state index is 0.694. The van der Waals surface area contributed by atoms with Gasteiger partial charge >= 0.3 is 0 Å². The Morgan fingerprint density at radius 3 is 2.75 bits per heavy atom. The summed E-state index contributed by atoms with van der Waals surface area (Å²) in [4.78, 5) is 1.29. The van der Waals surface area contributed by atoms with Crippen molar-refractivity contribution >= 4 is 23.4 Å². The highest BCUT2D eigenvalue weighted by atomic mass is 35.5. The van der Waals surface area contributed by atoms with Gasteiger partial charge in [-0.1, -0.05) is 31.5 Å². The van der Waals surface area contributed by atoms with E-state index in [0.717, 1.165) is 23.1 Å². The molecule has 1 rings (SSSR count). The van der Waals surface area contributed by atoms with Crippen LogP contribution in [-0.4, -0.2) is 12.3 Å². The molecule has 0 aliphatic rings. The second-order valence-corrected chi connectivity index (χ2v) is 5.89. The predicted octanol–water partition coefficient (Wildman–Crippen LogP) is 3.98. The Morgan fingerprint density at radius 2 is 2.12 bits per heavy atom. The number of hydrogen-bond acceptors (Lipinski definition) is 2. The van der Waals surface area contributed by atoms with Gasteiger partial charge in [0.15, 0.2) is 0 Å². The Labute approximate surface area is 108 Å². The third-order valence-electron chi connectivity index (χ3n) is 2.40. The van der Waals surface area contributed by atoms with Gasteiger partial charge in [0, 0.05) is 9.92 Å². The van der Waals surface area contributed by atoms with Crippen molar-refractivity contribution in [2.75, 3.05) is 12.3 Å². The molecule has 90 valence electrons. The summed E-state index contributed by atoms with van der Waals surface area (Å²) < 4.78 is 0. The summed E-state index contributed by atoms with van der Waals surface area (Å²) >= 11 is 7.90. The first-order chi connectivity index (χ1) is 7.63. The molecule has 0 atom stereocenters. The Hall–Kier alpha value is -0.180. The molecule has 0 unspecified atom stereocenters. The fourth-order valence-corrected chi connectivity index (χ4v) is 3.04. The van der Waals surface area contributed by atoms with Gasteiger partial charge in [0.05, 0.1) is 0 Å². The number of thioether (sulfide) groups is 1. The summed E-state index contributed by atoms with van der Waals surface area (Å²) in [6, 6.07) is 6.09. The Kier molecular flexibility index (Phi) is 6.25. The molecule has 0 aliphatic carbocycles. The van der Waals surface area contributed by atoms with Gasteiger partial charge in [0.1, 0.15) is 0 Å². The van der Waals surface area contributed by atoms with Crippen LogP contribution in [0.15, 0.2) is 23.1 Å². The topological polar surface area (TPSA) is 26.0 Å². The van der Waals surface area contributed by atoms with Crippen molar-refractivity contribution in [3.05, 3.63) is 28.8 Å². The normalized spacial score (nSPS) is 11.1. The van der Waals surface area contributed by atoms with Gasteiger partial charge in [-0.15, -0.1) is 11.8 Å². The van der Waals surface area contributed by atoms with Crippen molar-refractivity contribution < 1.29 is 0 Å². The van der Waals surface area contributed by atoms with E-state index in [2.05, 4.69) is 26.0 Å². The second-order valence-electron chi connectivity index (χ2n) is 4.32. The Bertz CT molecular complexity index is 326. The molecule has 0 saturated carbocycles. The SMILES string of the molecule is CC(C)CCSc1cc(Cl)ccc1CCN. The van der Waals surface area contributed by atoms with E-state index in [0.29, 0.717) is 6.54 Å². The fourth-order valence-electron chi connectivity index (χ4n) is 1.43. The van der Waals surface area contributed by atoms with Gasteiger partial charge in [-0.3, -0.25) is 0 Å². The third kappa shape index (κ3) is 4.77. The largest absolute Gasteiger partial charge is 0.330 e. The third-order valence-corrected chi connectivity index (χ3v) is 3.76. The molecular formula is C13H20ClNS. The molecule has 0 aliphatic heterocycles. The van der Waals surface area contributed by atoms with Crippen LogP contribution in [0.1, 0.15) is 25.8 Å². The zero-order valence-electron chi connectivity index (χ0n) is 10.0. The second kappa shape index (κ2) is 7.21. The summed E-state index contributed by atoms with van der Waals surface area (Å²) in [6.07, 6.45) is 2.17. The Morgan fingerprint density at radius 1 is 1.38 bits per heavy atom. The average molecular weight is 258 g/mol. The predicted molar refractivity (Wildman–Crippen MR) is 74.4 cm³/mol. The summed E-state index contributed by atoms with van der Waals surface area (Å²) in [7, 11) is 0. The molecule has 1 nitrogen and oxygen atoms in total. The summed E-state index contributed by atoms with van der Waals surface area (Å²) in [5, 5.41) is 0.813. The van der Waals surface area contributed by atoms with Gasteiger partial charge < -0.3 is 5.73 Å². The summed E-state index contributed by atoms with van der Waals surface area (Å²) in [5.41, 5.74) is 6.92. The molecule has 1 aromatic rings. The highest BCUT2D eigenvalue weighted by Crippen LogP contribution is 2.27. The van der Waals surface area contributed by atoms with E-state index >= 15 is 0 Å². The van der Waals surface area contributed by atoms with Crippen LogP contribution in [0.5, 0.6) is 0 Å². The molecule has 0 aromatic heterocycles. The van der Waals surface area contributed by atoms with E-state index in [1.165, 1.54) is 16.9 Å². The zero-order valence-corrected chi connectivity index (χ0v) is 11.6. The van der Waals surface area contributed by atoms with Gasteiger partial charge in [0.25, 0.3) is 0 Å². The average Bonchev–Trinajstić information content (AvgIpc) is 2.21. The molecule has 16 heavy (non-hydrogen) atoms. The lowest BCUT2D eigenvalue weighted by atomic mass is 10.1.